The third kappa shape index (κ3) is 4.09. The maximum absolute atomic E-state index is 5.40. The molecule has 0 saturated heterocycles. The molecule has 0 atom stereocenters. The lowest BCUT2D eigenvalue weighted by Gasteiger charge is -2.20. The van der Waals surface area contributed by atoms with Crippen molar-refractivity contribution < 1.29 is 0 Å². The molecule has 1 aromatic heterocycles. The van der Waals surface area contributed by atoms with Crippen LogP contribution in [0.2, 0.25) is 0 Å². The average molecular weight is 622 g/mol. The van der Waals surface area contributed by atoms with E-state index in [0.29, 0.717) is 0 Å². The molecule has 0 fully saturated rings. The van der Waals surface area contributed by atoms with Crippen molar-refractivity contribution in [1.29, 1.82) is 0 Å². The van der Waals surface area contributed by atoms with Gasteiger partial charge in [-0.15, -0.1) is 0 Å². The lowest BCUT2D eigenvalue weighted by atomic mass is 9.82. The van der Waals surface area contributed by atoms with Crippen molar-refractivity contribution in [2.75, 3.05) is 0 Å². The van der Waals surface area contributed by atoms with Gasteiger partial charge in [-0.1, -0.05) is 170 Å². The van der Waals surface area contributed by atoms with Crippen LogP contribution >= 0.6 is 0 Å². The van der Waals surface area contributed by atoms with Gasteiger partial charge in [0.2, 0.25) is 0 Å². The summed E-state index contributed by atoms with van der Waals surface area (Å²) in [5.41, 5.74) is 15.9. The van der Waals surface area contributed by atoms with E-state index in [0.717, 1.165) is 11.4 Å². The minimum absolute atomic E-state index is 1.03. The summed E-state index contributed by atoms with van der Waals surface area (Å²) in [6, 6.07) is 61.7. The number of hydrogen-bond acceptors (Lipinski definition) is 1. The fourth-order valence-corrected chi connectivity index (χ4v) is 8.38. The number of aromatic nitrogens is 1. The van der Waals surface area contributed by atoms with E-state index >= 15 is 0 Å². The molecule has 1 nitrogen and oxygen atoms in total. The van der Waals surface area contributed by atoms with Gasteiger partial charge in [0.25, 0.3) is 0 Å². The lowest BCUT2D eigenvalue weighted by molar-refractivity contribution is 1.23. The van der Waals surface area contributed by atoms with Crippen LogP contribution in [-0.4, -0.2) is 4.98 Å². The van der Waals surface area contributed by atoms with E-state index in [4.69, 9.17) is 4.98 Å². The van der Waals surface area contributed by atoms with E-state index in [-0.39, 0.29) is 0 Å². The molecule has 228 valence electrons. The molecule has 0 saturated carbocycles. The summed E-state index contributed by atoms with van der Waals surface area (Å²) >= 11 is 0. The highest BCUT2D eigenvalue weighted by Gasteiger charge is 2.31. The minimum Gasteiger partial charge on any atom is -0.252 e. The number of pyridine rings is 1. The fourth-order valence-electron chi connectivity index (χ4n) is 8.38. The van der Waals surface area contributed by atoms with Crippen LogP contribution in [0, 0.1) is 6.92 Å². The first-order chi connectivity index (χ1) is 24.3. The summed E-state index contributed by atoms with van der Waals surface area (Å²) in [5.74, 6) is 0. The van der Waals surface area contributed by atoms with Crippen molar-refractivity contribution in [3.8, 4) is 66.9 Å². The molecule has 1 heterocycles. The summed E-state index contributed by atoms with van der Waals surface area (Å²) < 4.78 is 0. The Balaban J connectivity index is 1.32. The molecule has 0 bridgehead atoms. The van der Waals surface area contributed by atoms with Gasteiger partial charge in [-0.3, -0.25) is 4.98 Å². The monoisotopic (exact) mass is 621 g/mol. The molecule has 1 aliphatic rings. The number of rotatable bonds is 4. The minimum atomic E-state index is 1.03. The molecule has 0 unspecified atom stereocenters. The molecule has 0 spiro atoms. The van der Waals surface area contributed by atoms with Crippen molar-refractivity contribution in [2.45, 2.75) is 6.92 Å². The van der Waals surface area contributed by atoms with Gasteiger partial charge in [0.05, 0.1) is 5.69 Å². The molecule has 49 heavy (non-hydrogen) atoms. The third-order valence-corrected chi connectivity index (χ3v) is 10.3. The SMILES string of the molecule is Cc1nc(-c2ccc3c4c(cccc24)-c2c-3c(-c3ccccc3)c3ccccc3c2-c2ccccc2)c2ccccc2c1-c1ccccc1. The van der Waals surface area contributed by atoms with Crippen molar-refractivity contribution in [3.05, 3.63) is 176 Å². The van der Waals surface area contributed by atoms with Crippen LogP contribution < -0.4 is 0 Å². The van der Waals surface area contributed by atoms with Gasteiger partial charge < -0.3 is 0 Å². The Labute approximate surface area is 285 Å². The highest BCUT2D eigenvalue weighted by atomic mass is 14.7. The first-order valence-electron chi connectivity index (χ1n) is 17.0. The van der Waals surface area contributed by atoms with Gasteiger partial charge in [-0.25, -0.2) is 0 Å². The van der Waals surface area contributed by atoms with Crippen LogP contribution in [0.25, 0.3) is 99.2 Å². The van der Waals surface area contributed by atoms with Crippen LogP contribution in [-0.2, 0) is 0 Å². The maximum atomic E-state index is 5.40. The van der Waals surface area contributed by atoms with Crippen molar-refractivity contribution in [2.24, 2.45) is 0 Å². The number of nitrogens with zero attached hydrogens (tertiary/aromatic N) is 1. The highest BCUT2D eigenvalue weighted by Crippen LogP contribution is 2.58. The first-order valence-corrected chi connectivity index (χ1v) is 17.0. The predicted molar refractivity (Wildman–Crippen MR) is 208 cm³/mol. The van der Waals surface area contributed by atoms with Crippen molar-refractivity contribution in [3.63, 3.8) is 0 Å². The van der Waals surface area contributed by atoms with Crippen LogP contribution in [0.3, 0.4) is 0 Å². The summed E-state index contributed by atoms with van der Waals surface area (Å²) in [4.78, 5) is 5.40. The summed E-state index contributed by atoms with van der Waals surface area (Å²) in [7, 11) is 0. The summed E-state index contributed by atoms with van der Waals surface area (Å²) in [5, 5.41) is 7.48. The van der Waals surface area contributed by atoms with Gasteiger partial charge in [0, 0.05) is 22.2 Å². The number of hydrogen-bond donors (Lipinski definition) is 0. The summed E-state index contributed by atoms with van der Waals surface area (Å²) in [6.07, 6.45) is 0. The highest BCUT2D eigenvalue weighted by molar-refractivity contribution is 6.29. The van der Waals surface area contributed by atoms with E-state index < -0.39 is 0 Å². The van der Waals surface area contributed by atoms with E-state index in [9.17, 15) is 0 Å². The average Bonchev–Trinajstić information content (AvgIpc) is 3.49. The normalized spacial score (nSPS) is 11.8. The second-order valence-electron chi connectivity index (χ2n) is 13.0. The molecule has 1 heteroatoms. The zero-order valence-electron chi connectivity index (χ0n) is 27.1. The van der Waals surface area contributed by atoms with Gasteiger partial charge in [0.1, 0.15) is 0 Å². The largest absolute Gasteiger partial charge is 0.252 e. The first kappa shape index (κ1) is 27.8. The van der Waals surface area contributed by atoms with E-state index in [2.05, 4.69) is 177 Å². The number of aryl methyl sites for hydroxylation is 1. The molecule has 0 radical (unpaired) electrons. The Morgan fingerprint density at radius 1 is 0.306 bits per heavy atom. The second-order valence-corrected chi connectivity index (χ2v) is 13.0. The maximum Gasteiger partial charge on any atom is 0.0790 e. The van der Waals surface area contributed by atoms with E-state index in [1.807, 2.05) is 0 Å². The fraction of sp³-hybridized carbons (Fsp3) is 0.0208. The third-order valence-electron chi connectivity index (χ3n) is 10.3. The summed E-state index contributed by atoms with van der Waals surface area (Å²) in [6.45, 7) is 2.15. The topological polar surface area (TPSA) is 12.9 Å². The van der Waals surface area contributed by atoms with Crippen LogP contribution in [0.15, 0.2) is 170 Å². The van der Waals surface area contributed by atoms with E-state index in [1.165, 1.54) is 93.5 Å². The van der Waals surface area contributed by atoms with Crippen molar-refractivity contribution in [1.82, 2.24) is 4.98 Å². The smallest absolute Gasteiger partial charge is 0.0790 e. The zero-order valence-corrected chi connectivity index (χ0v) is 27.1. The predicted octanol–water partition coefficient (Wildman–Crippen LogP) is 13.2. The molecular formula is C48H31N. The molecule has 0 amide bonds. The Hall–Kier alpha value is -6.31. The Kier molecular flexibility index (Phi) is 6.16. The van der Waals surface area contributed by atoms with Crippen LogP contribution in [0.4, 0.5) is 0 Å². The van der Waals surface area contributed by atoms with Gasteiger partial charge in [-0.05, 0) is 83.9 Å². The molecule has 8 aromatic carbocycles. The zero-order chi connectivity index (χ0) is 32.5. The van der Waals surface area contributed by atoms with Crippen LogP contribution in [0.1, 0.15) is 5.69 Å². The molecule has 9 aromatic rings. The van der Waals surface area contributed by atoms with Crippen molar-refractivity contribution >= 4 is 32.3 Å². The Morgan fingerprint density at radius 2 is 0.714 bits per heavy atom. The van der Waals surface area contributed by atoms with Crippen LogP contribution in [0.5, 0.6) is 0 Å². The standard InChI is InChI=1S/C48H31N/c1-30-42(31-16-5-2-6-17-31)36-24-13-14-25-38(36)48(49-30)39-28-29-41-45-37(39)26-15-27-40(45)46-43(32-18-7-3-8-19-32)34-22-11-12-23-35(34)44(47(41)46)33-20-9-4-10-21-33/h2-29H,1H3. The number of fused-ring (bicyclic) bond motifs is 5. The number of benzene rings is 8. The molecule has 0 N–H and O–H groups in total. The Morgan fingerprint density at radius 3 is 1.27 bits per heavy atom. The van der Waals surface area contributed by atoms with Gasteiger partial charge >= 0.3 is 0 Å². The second kappa shape index (κ2) is 10.9. The molecular weight excluding hydrogens is 591 g/mol. The quantitative estimate of drug-likeness (QED) is 0.191. The lowest BCUT2D eigenvalue weighted by Crippen LogP contribution is -1.96. The Bertz CT molecular complexity index is 2650. The van der Waals surface area contributed by atoms with Gasteiger partial charge in [0.15, 0.2) is 0 Å². The van der Waals surface area contributed by atoms with E-state index in [1.54, 1.807) is 0 Å². The molecule has 0 aliphatic heterocycles. The van der Waals surface area contributed by atoms with Gasteiger partial charge in [-0.2, -0.15) is 0 Å². The molecule has 1 aliphatic carbocycles. The molecule has 10 rings (SSSR count).